The van der Waals surface area contributed by atoms with Gasteiger partial charge in [0.05, 0.1) is 16.4 Å². The van der Waals surface area contributed by atoms with E-state index in [1.54, 1.807) is 22.9 Å². The van der Waals surface area contributed by atoms with Crippen molar-refractivity contribution >= 4 is 33.9 Å². The lowest BCUT2D eigenvalue weighted by Crippen LogP contribution is -2.30. The molecule has 0 aliphatic carbocycles. The van der Waals surface area contributed by atoms with Gasteiger partial charge < -0.3 is 20.3 Å². The Balaban J connectivity index is 1.69. The quantitative estimate of drug-likeness (QED) is 0.476. The summed E-state index contributed by atoms with van der Waals surface area (Å²) in [5.41, 5.74) is 2.10. The van der Waals surface area contributed by atoms with Crippen LogP contribution in [-0.2, 0) is 4.74 Å². The molecule has 0 saturated carbocycles. The van der Waals surface area contributed by atoms with Crippen molar-refractivity contribution in [3.05, 3.63) is 54.2 Å². The van der Waals surface area contributed by atoms with Gasteiger partial charge in [0.1, 0.15) is 30.0 Å². The number of hydrogen-bond donors (Lipinski definition) is 3. The summed E-state index contributed by atoms with van der Waals surface area (Å²) in [5, 5.41) is 31.4. The zero-order valence-corrected chi connectivity index (χ0v) is 16.3. The summed E-state index contributed by atoms with van der Waals surface area (Å²) in [4.78, 5) is 9.81. The molecule has 148 valence electrons. The second-order valence-corrected chi connectivity index (χ2v) is 7.84. The molecule has 1 aliphatic rings. The lowest BCUT2D eigenvalue weighted by Gasteiger charge is -2.15. The topological polar surface area (TPSA) is 105 Å². The molecule has 8 nitrogen and oxygen atoms in total. The van der Waals surface area contributed by atoms with E-state index in [0.717, 1.165) is 16.0 Å². The first-order valence-electron chi connectivity index (χ1n) is 9.24. The molecule has 3 N–H and O–H groups in total. The number of benzene rings is 1. The van der Waals surface area contributed by atoms with Crippen LogP contribution in [0.25, 0.3) is 21.6 Å². The fourth-order valence-corrected chi connectivity index (χ4v) is 4.23. The Morgan fingerprint density at radius 2 is 1.90 bits per heavy atom. The van der Waals surface area contributed by atoms with Gasteiger partial charge in [-0.15, -0.1) is 11.3 Å². The summed E-state index contributed by atoms with van der Waals surface area (Å²) in [5.74, 6) is 0.608. The average molecular weight is 409 g/mol. The fraction of sp³-hybridized carbons (Fsp3) is 0.250. The van der Waals surface area contributed by atoms with Crippen LogP contribution in [0.2, 0.25) is 0 Å². The number of nitrogens with one attached hydrogen (secondary N) is 1. The normalized spacial score (nSPS) is 24.2. The van der Waals surface area contributed by atoms with Crippen LogP contribution in [0.3, 0.4) is 0 Å². The third-order valence-corrected chi connectivity index (χ3v) is 5.87. The lowest BCUT2D eigenvalue weighted by molar-refractivity contribution is -0.0370. The highest BCUT2D eigenvalue weighted by Gasteiger charge is 2.43. The number of para-hydroxylation sites is 1. The van der Waals surface area contributed by atoms with Crippen LogP contribution in [0.15, 0.2) is 54.2 Å². The summed E-state index contributed by atoms with van der Waals surface area (Å²) < 4.78 is 7.33. The molecule has 3 aromatic heterocycles. The fourth-order valence-electron chi connectivity index (χ4n) is 3.52. The van der Waals surface area contributed by atoms with Crippen LogP contribution in [0, 0.1) is 0 Å². The second kappa shape index (κ2) is 7.20. The number of hydrogen-bond acceptors (Lipinski definition) is 8. The molecule has 0 radical (unpaired) electrons. The zero-order chi connectivity index (χ0) is 20.0. The molecule has 5 rings (SSSR count). The van der Waals surface area contributed by atoms with E-state index >= 15 is 0 Å². The van der Waals surface area contributed by atoms with E-state index in [-0.39, 0.29) is 0 Å². The van der Waals surface area contributed by atoms with Gasteiger partial charge in [0.25, 0.3) is 0 Å². The first kappa shape index (κ1) is 18.2. The first-order valence-corrected chi connectivity index (χ1v) is 10.1. The van der Waals surface area contributed by atoms with Crippen molar-refractivity contribution in [2.24, 2.45) is 0 Å². The molecule has 0 bridgehead atoms. The molecule has 0 spiro atoms. The van der Waals surface area contributed by atoms with Crippen molar-refractivity contribution in [2.45, 2.75) is 31.5 Å². The van der Waals surface area contributed by atoms with Crippen LogP contribution in [0.1, 0.15) is 13.2 Å². The van der Waals surface area contributed by atoms with Gasteiger partial charge in [0.15, 0.2) is 11.9 Å². The van der Waals surface area contributed by atoms with Gasteiger partial charge in [0, 0.05) is 5.69 Å². The number of aliphatic hydroxyl groups excluding tert-OH is 2. The van der Waals surface area contributed by atoms with E-state index in [0.29, 0.717) is 17.2 Å². The minimum Gasteiger partial charge on any atom is -0.388 e. The molecule has 1 aromatic carbocycles. The van der Waals surface area contributed by atoms with E-state index < -0.39 is 24.5 Å². The Labute approximate surface area is 170 Å². The smallest absolute Gasteiger partial charge is 0.181 e. The highest BCUT2D eigenvalue weighted by atomic mass is 32.1. The van der Waals surface area contributed by atoms with Gasteiger partial charge in [-0.3, -0.25) is 0 Å². The lowest BCUT2D eigenvalue weighted by atomic mass is 10.1. The molecule has 4 atom stereocenters. The van der Waals surface area contributed by atoms with Crippen LogP contribution >= 0.6 is 11.3 Å². The number of fused-ring (bicyclic) bond motifs is 1. The molecule has 29 heavy (non-hydrogen) atoms. The molecular formula is C20H19N5O3S. The Bertz CT molecular complexity index is 1130. The number of rotatable bonds is 4. The molecule has 1 fully saturated rings. The summed E-state index contributed by atoms with van der Waals surface area (Å²) in [6.07, 6.45) is -2.00. The van der Waals surface area contributed by atoms with Gasteiger partial charge in [-0.25, -0.2) is 14.6 Å². The van der Waals surface area contributed by atoms with Crippen molar-refractivity contribution in [1.29, 1.82) is 0 Å². The van der Waals surface area contributed by atoms with Crippen molar-refractivity contribution in [1.82, 2.24) is 19.7 Å². The maximum Gasteiger partial charge on any atom is 0.181 e. The van der Waals surface area contributed by atoms with Crippen molar-refractivity contribution in [3.63, 3.8) is 0 Å². The first-order chi connectivity index (χ1) is 14.1. The largest absolute Gasteiger partial charge is 0.388 e. The average Bonchev–Trinajstić information content (AvgIpc) is 3.45. The SMILES string of the molecule is C[C@H]1O[C@@H](n2nc(-c3cccs3)c3c(Nc4ccccc4)ncnc32)[C@@H](O)[C@H]1O. The van der Waals surface area contributed by atoms with E-state index in [4.69, 9.17) is 9.84 Å². The summed E-state index contributed by atoms with van der Waals surface area (Å²) in [7, 11) is 0. The predicted octanol–water partition coefficient (Wildman–Crippen LogP) is 2.94. The minimum atomic E-state index is -1.11. The summed E-state index contributed by atoms with van der Waals surface area (Å²) >= 11 is 1.55. The van der Waals surface area contributed by atoms with Gasteiger partial charge in [-0.1, -0.05) is 24.3 Å². The van der Waals surface area contributed by atoms with Crippen molar-refractivity contribution in [3.8, 4) is 10.6 Å². The van der Waals surface area contributed by atoms with Crippen LogP contribution < -0.4 is 5.32 Å². The Kier molecular flexibility index (Phi) is 4.51. The maximum atomic E-state index is 10.5. The van der Waals surface area contributed by atoms with E-state index in [2.05, 4.69) is 15.3 Å². The van der Waals surface area contributed by atoms with E-state index in [1.165, 1.54) is 6.33 Å². The molecule has 4 aromatic rings. The number of ether oxygens (including phenoxy) is 1. The zero-order valence-electron chi connectivity index (χ0n) is 15.5. The number of nitrogens with zero attached hydrogens (tertiary/aromatic N) is 4. The molecule has 1 aliphatic heterocycles. The van der Waals surface area contributed by atoms with Crippen LogP contribution in [0.5, 0.6) is 0 Å². The Morgan fingerprint density at radius 1 is 1.07 bits per heavy atom. The summed E-state index contributed by atoms with van der Waals surface area (Å²) in [6, 6.07) is 13.6. The molecule has 1 saturated heterocycles. The molecular weight excluding hydrogens is 390 g/mol. The molecule has 9 heteroatoms. The van der Waals surface area contributed by atoms with Gasteiger partial charge in [-0.05, 0) is 30.5 Å². The Morgan fingerprint density at radius 3 is 2.59 bits per heavy atom. The Hall–Kier alpha value is -2.85. The number of thiophene rings is 1. The van der Waals surface area contributed by atoms with Gasteiger partial charge >= 0.3 is 0 Å². The second-order valence-electron chi connectivity index (χ2n) is 6.90. The maximum absolute atomic E-state index is 10.5. The van der Waals surface area contributed by atoms with Gasteiger partial charge in [-0.2, -0.15) is 5.10 Å². The number of aromatic nitrogens is 4. The van der Waals surface area contributed by atoms with Crippen LogP contribution in [-0.4, -0.2) is 48.3 Å². The van der Waals surface area contributed by atoms with Crippen molar-refractivity contribution in [2.75, 3.05) is 5.32 Å². The van der Waals surface area contributed by atoms with E-state index in [9.17, 15) is 10.2 Å². The highest BCUT2D eigenvalue weighted by molar-refractivity contribution is 7.13. The molecule has 0 unspecified atom stereocenters. The summed E-state index contributed by atoms with van der Waals surface area (Å²) in [6.45, 7) is 1.72. The third kappa shape index (κ3) is 3.08. The highest BCUT2D eigenvalue weighted by Crippen LogP contribution is 2.38. The van der Waals surface area contributed by atoms with E-state index in [1.807, 2.05) is 47.8 Å². The van der Waals surface area contributed by atoms with Gasteiger partial charge in [0.2, 0.25) is 0 Å². The van der Waals surface area contributed by atoms with Crippen molar-refractivity contribution < 1.29 is 14.9 Å². The molecule has 0 amide bonds. The monoisotopic (exact) mass is 409 g/mol. The third-order valence-electron chi connectivity index (χ3n) is 5.00. The number of anilines is 2. The minimum absolute atomic E-state index is 0.511. The number of aliphatic hydroxyl groups is 2. The molecule has 4 heterocycles. The standard InChI is InChI=1S/C20H19N5O3S/c1-11-16(26)17(27)20(28-11)25-19-14(15(24-25)13-8-5-9-29-13)18(21-10-22-19)23-12-6-3-2-4-7-12/h2-11,16-17,20,26-27H,1H3,(H,21,22,23)/t11-,16+,17+,20-/m1/s1. The van der Waals surface area contributed by atoms with Crippen LogP contribution in [0.4, 0.5) is 11.5 Å². The predicted molar refractivity (Wildman–Crippen MR) is 110 cm³/mol.